The molecule has 0 bridgehead atoms. The summed E-state index contributed by atoms with van der Waals surface area (Å²) in [4.78, 5) is 23.4. The van der Waals surface area contributed by atoms with E-state index in [9.17, 15) is 9.59 Å². The Morgan fingerprint density at radius 3 is 2.60 bits per heavy atom. The molecule has 1 aliphatic heterocycles. The van der Waals surface area contributed by atoms with E-state index in [4.69, 9.17) is 0 Å². The molecule has 1 aromatic carbocycles. The van der Waals surface area contributed by atoms with Crippen LogP contribution in [0.5, 0.6) is 0 Å². The van der Waals surface area contributed by atoms with Crippen LogP contribution in [-0.2, 0) is 4.79 Å². The minimum absolute atomic E-state index is 0.0401. The molecule has 1 atom stereocenters. The highest BCUT2D eigenvalue weighted by molar-refractivity contribution is 5.94. The van der Waals surface area contributed by atoms with Gasteiger partial charge in [-0.3, -0.25) is 9.59 Å². The second-order valence-corrected chi connectivity index (χ2v) is 4.97. The van der Waals surface area contributed by atoms with Crippen LogP contribution in [0.25, 0.3) is 0 Å². The third-order valence-electron chi connectivity index (χ3n) is 3.36. The maximum atomic E-state index is 11.7. The van der Waals surface area contributed by atoms with Crippen LogP contribution >= 0.6 is 0 Å². The van der Waals surface area contributed by atoms with E-state index in [2.05, 4.69) is 16.0 Å². The summed E-state index contributed by atoms with van der Waals surface area (Å²) in [6, 6.07) is 9.36. The van der Waals surface area contributed by atoms with E-state index in [0.29, 0.717) is 31.1 Å². The van der Waals surface area contributed by atoms with E-state index in [1.165, 1.54) is 0 Å². The van der Waals surface area contributed by atoms with Crippen molar-refractivity contribution in [3.05, 3.63) is 35.9 Å². The van der Waals surface area contributed by atoms with Crippen LogP contribution in [0.3, 0.4) is 0 Å². The zero-order valence-corrected chi connectivity index (χ0v) is 11.5. The summed E-state index contributed by atoms with van der Waals surface area (Å²) in [5.74, 6) is -0.0735. The first-order valence-corrected chi connectivity index (χ1v) is 7.09. The first-order valence-electron chi connectivity index (χ1n) is 7.09. The van der Waals surface area contributed by atoms with Crippen LogP contribution in [0.1, 0.15) is 29.6 Å². The zero-order valence-electron chi connectivity index (χ0n) is 11.5. The second-order valence-electron chi connectivity index (χ2n) is 4.97. The number of nitrogens with one attached hydrogen (secondary N) is 3. The minimum atomic E-state index is -0.114. The fourth-order valence-corrected chi connectivity index (χ4v) is 2.30. The van der Waals surface area contributed by atoms with Crippen LogP contribution in [0.2, 0.25) is 0 Å². The van der Waals surface area contributed by atoms with E-state index in [0.717, 1.165) is 19.4 Å². The van der Waals surface area contributed by atoms with Crippen LogP contribution in [0, 0.1) is 0 Å². The van der Waals surface area contributed by atoms with E-state index in [1.807, 2.05) is 18.2 Å². The molecular formula is C15H21N3O2. The standard InChI is InChI=1S/C15H21N3O2/c19-14(11-13-7-4-8-16-13)17-9-10-18-15(20)12-5-2-1-3-6-12/h1-3,5-6,13,16H,4,7-11H2,(H,17,19)(H,18,20). The summed E-state index contributed by atoms with van der Waals surface area (Å²) >= 11 is 0. The Balaban J connectivity index is 1.59. The number of carbonyl (C=O) groups excluding carboxylic acids is 2. The lowest BCUT2D eigenvalue weighted by Gasteiger charge is -2.10. The van der Waals surface area contributed by atoms with Crippen molar-refractivity contribution in [3.63, 3.8) is 0 Å². The van der Waals surface area contributed by atoms with Crippen molar-refractivity contribution in [2.24, 2.45) is 0 Å². The zero-order chi connectivity index (χ0) is 14.2. The first kappa shape index (κ1) is 14.5. The van der Waals surface area contributed by atoms with Crippen molar-refractivity contribution >= 4 is 11.8 Å². The highest BCUT2D eigenvalue weighted by Crippen LogP contribution is 2.07. The van der Waals surface area contributed by atoms with Crippen LogP contribution in [0.15, 0.2) is 30.3 Å². The average Bonchev–Trinajstić information content (AvgIpc) is 2.97. The van der Waals surface area contributed by atoms with Gasteiger partial charge in [0.25, 0.3) is 5.91 Å². The lowest BCUT2D eigenvalue weighted by molar-refractivity contribution is -0.121. The Morgan fingerprint density at radius 2 is 1.90 bits per heavy atom. The largest absolute Gasteiger partial charge is 0.354 e. The quantitative estimate of drug-likeness (QED) is 0.669. The smallest absolute Gasteiger partial charge is 0.251 e. The minimum Gasteiger partial charge on any atom is -0.354 e. The third kappa shape index (κ3) is 4.66. The van der Waals surface area contributed by atoms with Crippen LogP contribution < -0.4 is 16.0 Å². The van der Waals surface area contributed by atoms with Gasteiger partial charge in [0.05, 0.1) is 0 Å². The van der Waals surface area contributed by atoms with Gasteiger partial charge in [-0.25, -0.2) is 0 Å². The van der Waals surface area contributed by atoms with Gasteiger partial charge < -0.3 is 16.0 Å². The lowest BCUT2D eigenvalue weighted by Crippen LogP contribution is -2.37. The molecule has 3 N–H and O–H groups in total. The van der Waals surface area contributed by atoms with Gasteiger partial charge in [0.15, 0.2) is 0 Å². The molecule has 0 spiro atoms. The van der Waals surface area contributed by atoms with Crippen LogP contribution in [-0.4, -0.2) is 37.5 Å². The number of benzene rings is 1. The Hall–Kier alpha value is -1.88. The highest BCUT2D eigenvalue weighted by atomic mass is 16.2. The van der Waals surface area contributed by atoms with Crippen molar-refractivity contribution in [2.75, 3.05) is 19.6 Å². The maximum absolute atomic E-state index is 11.7. The Bertz CT molecular complexity index is 442. The molecule has 2 amide bonds. The highest BCUT2D eigenvalue weighted by Gasteiger charge is 2.17. The summed E-state index contributed by atoms with van der Waals surface area (Å²) in [7, 11) is 0. The third-order valence-corrected chi connectivity index (χ3v) is 3.36. The molecule has 1 saturated heterocycles. The molecule has 2 rings (SSSR count). The predicted octanol–water partition coefficient (Wildman–Crippen LogP) is 0.675. The number of hydrogen-bond donors (Lipinski definition) is 3. The normalized spacial score (nSPS) is 17.7. The van der Waals surface area contributed by atoms with Crippen molar-refractivity contribution in [1.29, 1.82) is 0 Å². The monoisotopic (exact) mass is 275 g/mol. The molecule has 1 aliphatic rings. The van der Waals surface area contributed by atoms with E-state index in [-0.39, 0.29) is 11.8 Å². The first-order chi connectivity index (χ1) is 9.75. The second kappa shape index (κ2) is 7.65. The molecule has 5 nitrogen and oxygen atoms in total. The summed E-state index contributed by atoms with van der Waals surface area (Å²) in [6.07, 6.45) is 2.73. The molecule has 1 aromatic rings. The number of rotatable bonds is 6. The van der Waals surface area contributed by atoms with Crippen molar-refractivity contribution < 1.29 is 9.59 Å². The Labute approximate surface area is 119 Å². The molecule has 1 fully saturated rings. The average molecular weight is 275 g/mol. The van der Waals surface area contributed by atoms with Gasteiger partial charge in [0.2, 0.25) is 5.91 Å². The molecule has 20 heavy (non-hydrogen) atoms. The molecule has 5 heteroatoms. The molecule has 1 heterocycles. The van der Waals surface area contributed by atoms with Gasteiger partial charge in [-0.05, 0) is 31.5 Å². The van der Waals surface area contributed by atoms with Crippen molar-refractivity contribution in [3.8, 4) is 0 Å². The fourth-order valence-electron chi connectivity index (χ4n) is 2.30. The summed E-state index contributed by atoms with van der Waals surface area (Å²) in [5.41, 5.74) is 0.633. The molecule has 0 saturated carbocycles. The van der Waals surface area contributed by atoms with E-state index >= 15 is 0 Å². The van der Waals surface area contributed by atoms with Gasteiger partial charge in [0.1, 0.15) is 0 Å². The number of carbonyl (C=O) groups is 2. The van der Waals surface area contributed by atoms with E-state index in [1.54, 1.807) is 12.1 Å². The van der Waals surface area contributed by atoms with Crippen molar-refractivity contribution in [1.82, 2.24) is 16.0 Å². The molecule has 0 radical (unpaired) electrons. The Kier molecular flexibility index (Phi) is 5.55. The summed E-state index contributed by atoms with van der Waals surface area (Å²) < 4.78 is 0. The molecule has 0 aliphatic carbocycles. The summed E-state index contributed by atoms with van der Waals surface area (Å²) in [5, 5.41) is 8.89. The van der Waals surface area contributed by atoms with Crippen LogP contribution in [0.4, 0.5) is 0 Å². The van der Waals surface area contributed by atoms with Gasteiger partial charge >= 0.3 is 0 Å². The fraction of sp³-hybridized carbons (Fsp3) is 0.467. The van der Waals surface area contributed by atoms with Gasteiger partial charge in [0, 0.05) is 31.1 Å². The number of amides is 2. The number of hydrogen-bond acceptors (Lipinski definition) is 3. The predicted molar refractivity (Wildman–Crippen MR) is 77.4 cm³/mol. The Morgan fingerprint density at radius 1 is 1.15 bits per heavy atom. The van der Waals surface area contributed by atoms with Crippen molar-refractivity contribution in [2.45, 2.75) is 25.3 Å². The van der Waals surface area contributed by atoms with Gasteiger partial charge in [-0.1, -0.05) is 18.2 Å². The maximum Gasteiger partial charge on any atom is 0.251 e. The molecular weight excluding hydrogens is 254 g/mol. The van der Waals surface area contributed by atoms with E-state index < -0.39 is 0 Å². The topological polar surface area (TPSA) is 70.2 Å². The van der Waals surface area contributed by atoms with Gasteiger partial charge in [-0.15, -0.1) is 0 Å². The molecule has 0 aromatic heterocycles. The summed E-state index contributed by atoms with van der Waals surface area (Å²) in [6.45, 7) is 1.91. The van der Waals surface area contributed by atoms with Gasteiger partial charge in [-0.2, -0.15) is 0 Å². The molecule has 108 valence electrons. The SMILES string of the molecule is O=C(CC1CCCN1)NCCNC(=O)c1ccccc1. The molecule has 1 unspecified atom stereocenters. The lowest BCUT2D eigenvalue weighted by atomic mass is 10.1.